The fourth-order valence-electron chi connectivity index (χ4n) is 4.26. The van der Waals surface area contributed by atoms with Crippen molar-refractivity contribution in [3.63, 3.8) is 0 Å². The Kier molecular flexibility index (Phi) is 6.47. The van der Waals surface area contributed by atoms with Crippen LogP contribution in [0.2, 0.25) is 0 Å². The molecular weight excluding hydrogens is 406 g/mol. The molecule has 1 aliphatic carbocycles. The van der Waals surface area contributed by atoms with Gasteiger partial charge in [-0.3, -0.25) is 9.59 Å². The molecule has 0 bridgehead atoms. The molecule has 0 atom stereocenters. The minimum atomic E-state index is -0.0489. The number of hydrogen-bond acceptors (Lipinski definition) is 4. The lowest BCUT2D eigenvalue weighted by Gasteiger charge is -2.31. The summed E-state index contributed by atoms with van der Waals surface area (Å²) in [6.45, 7) is 10.2. The summed E-state index contributed by atoms with van der Waals surface area (Å²) < 4.78 is 0. The van der Waals surface area contributed by atoms with Gasteiger partial charge in [0.1, 0.15) is 0 Å². The lowest BCUT2D eigenvalue weighted by Crippen LogP contribution is -2.42. The van der Waals surface area contributed by atoms with Crippen molar-refractivity contribution in [2.45, 2.75) is 65.2 Å². The summed E-state index contributed by atoms with van der Waals surface area (Å²) in [6, 6.07) is 6.64. The molecule has 2 heterocycles. The molecule has 2 fully saturated rings. The van der Waals surface area contributed by atoms with Gasteiger partial charge in [0.2, 0.25) is 11.8 Å². The molecular formula is C25H33N3O2S. The molecule has 2 aromatic rings. The van der Waals surface area contributed by atoms with E-state index < -0.39 is 0 Å². The van der Waals surface area contributed by atoms with Gasteiger partial charge in [0.15, 0.2) is 5.13 Å². The van der Waals surface area contributed by atoms with Crippen molar-refractivity contribution in [1.29, 1.82) is 0 Å². The number of likely N-dealkylation sites (tertiary alicyclic amines) is 1. The summed E-state index contributed by atoms with van der Waals surface area (Å²) in [5, 5.41) is 5.71. The van der Waals surface area contributed by atoms with Crippen LogP contribution in [0.5, 0.6) is 0 Å². The number of carbonyl (C=O) groups excluding carboxylic acids is 2. The number of aromatic nitrogens is 1. The van der Waals surface area contributed by atoms with E-state index in [0.717, 1.165) is 36.9 Å². The van der Waals surface area contributed by atoms with E-state index >= 15 is 0 Å². The van der Waals surface area contributed by atoms with E-state index in [4.69, 9.17) is 4.98 Å². The van der Waals surface area contributed by atoms with Gasteiger partial charge in [-0.1, -0.05) is 45.9 Å². The summed E-state index contributed by atoms with van der Waals surface area (Å²) >= 11 is 1.48. The fraction of sp³-hybridized carbons (Fsp3) is 0.560. The van der Waals surface area contributed by atoms with E-state index in [-0.39, 0.29) is 23.7 Å². The Morgan fingerprint density at radius 2 is 1.74 bits per heavy atom. The molecule has 0 unspecified atom stereocenters. The van der Waals surface area contributed by atoms with Crippen LogP contribution in [-0.4, -0.2) is 34.8 Å². The van der Waals surface area contributed by atoms with Crippen molar-refractivity contribution in [2.24, 2.45) is 11.8 Å². The molecule has 4 rings (SSSR count). The number of carbonyl (C=O) groups is 2. The highest BCUT2D eigenvalue weighted by atomic mass is 32.1. The van der Waals surface area contributed by atoms with Gasteiger partial charge in [0.05, 0.1) is 5.69 Å². The molecule has 6 heteroatoms. The molecule has 1 N–H and O–H groups in total. The number of amides is 2. The van der Waals surface area contributed by atoms with E-state index in [1.807, 2.05) is 10.3 Å². The normalized spacial score (nSPS) is 17.4. The van der Waals surface area contributed by atoms with Gasteiger partial charge in [-0.15, -0.1) is 11.3 Å². The molecule has 1 aromatic carbocycles. The Hall–Kier alpha value is -2.21. The maximum Gasteiger partial charge on any atom is 0.229 e. The maximum atomic E-state index is 12.8. The highest BCUT2D eigenvalue weighted by molar-refractivity contribution is 7.14. The highest BCUT2D eigenvalue weighted by Crippen LogP contribution is 2.35. The Labute approximate surface area is 189 Å². The summed E-state index contributed by atoms with van der Waals surface area (Å²) in [5.41, 5.74) is 4.69. The number of hydrogen-bond donors (Lipinski definition) is 1. The largest absolute Gasteiger partial charge is 0.342 e. The molecule has 0 radical (unpaired) electrons. The molecule has 1 saturated carbocycles. The van der Waals surface area contributed by atoms with Gasteiger partial charge < -0.3 is 10.2 Å². The van der Waals surface area contributed by atoms with Crippen LogP contribution in [0.15, 0.2) is 23.6 Å². The molecule has 1 saturated heterocycles. The average Bonchev–Trinajstić information content (AvgIpc) is 3.51. The Bertz CT molecular complexity index is 953. The lowest BCUT2D eigenvalue weighted by molar-refractivity contribution is -0.135. The van der Waals surface area contributed by atoms with Crippen LogP contribution in [0.4, 0.5) is 5.13 Å². The number of benzene rings is 1. The van der Waals surface area contributed by atoms with Gasteiger partial charge in [-0.25, -0.2) is 4.98 Å². The van der Waals surface area contributed by atoms with Crippen molar-refractivity contribution >= 4 is 28.3 Å². The second kappa shape index (κ2) is 9.11. The van der Waals surface area contributed by atoms with E-state index in [0.29, 0.717) is 30.1 Å². The number of nitrogens with one attached hydrogen (secondary N) is 1. The first-order valence-corrected chi connectivity index (χ1v) is 12.4. The highest BCUT2D eigenvalue weighted by Gasteiger charge is 2.36. The topological polar surface area (TPSA) is 62.3 Å². The van der Waals surface area contributed by atoms with Crippen LogP contribution in [0.1, 0.15) is 76.3 Å². The zero-order valence-electron chi connectivity index (χ0n) is 19.0. The fourth-order valence-corrected chi connectivity index (χ4v) is 4.98. The van der Waals surface area contributed by atoms with Crippen LogP contribution in [0.25, 0.3) is 11.3 Å². The van der Waals surface area contributed by atoms with Crippen LogP contribution >= 0.6 is 11.3 Å². The van der Waals surface area contributed by atoms with Gasteiger partial charge >= 0.3 is 0 Å². The zero-order chi connectivity index (χ0) is 22.1. The molecule has 31 heavy (non-hydrogen) atoms. The van der Waals surface area contributed by atoms with Gasteiger partial charge in [0.25, 0.3) is 0 Å². The van der Waals surface area contributed by atoms with Crippen molar-refractivity contribution in [1.82, 2.24) is 9.88 Å². The number of nitrogens with zero attached hydrogens (tertiary/aromatic N) is 2. The second-order valence-corrected chi connectivity index (χ2v) is 10.4. The molecule has 2 amide bonds. The van der Waals surface area contributed by atoms with Crippen molar-refractivity contribution in [3.05, 3.63) is 34.7 Å². The molecule has 2 aliphatic rings. The van der Waals surface area contributed by atoms with E-state index in [2.05, 4.69) is 51.2 Å². The average molecular weight is 440 g/mol. The Morgan fingerprint density at radius 1 is 1.03 bits per heavy atom. The minimum absolute atomic E-state index is 0.0265. The zero-order valence-corrected chi connectivity index (χ0v) is 19.8. The molecule has 5 nitrogen and oxygen atoms in total. The molecule has 166 valence electrons. The van der Waals surface area contributed by atoms with Crippen LogP contribution in [-0.2, 0) is 9.59 Å². The third-order valence-corrected chi connectivity index (χ3v) is 7.24. The summed E-state index contributed by atoms with van der Waals surface area (Å²) in [5.74, 6) is 1.41. The minimum Gasteiger partial charge on any atom is -0.342 e. The van der Waals surface area contributed by atoms with Gasteiger partial charge in [-0.05, 0) is 48.6 Å². The first-order valence-electron chi connectivity index (χ1n) is 11.5. The van der Waals surface area contributed by atoms with Crippen LogP contribution < -0.4 is 5.32 Å². The van der Waals surface area contributed by atoms with Crippen molar-refractivity contribution in [2.75, 3.05) is 18.4 Å². The van der Waals surface area contributed by atoms with Crippen molar-refractivity contribution in [3.8, 4) is 11.3 Å². The van der Waals surface area contributed by atoms with Crippen LogP contribution in [0, 0.1) is 11.8 Å². The SMILES string of the molecule is CC(C)c1ccc(-c2csc(NC(=O)C3CCN(C(=O)C4CC4)CC3)n2)c(C(C)C)c1. The first-order chi connectivity index (χ1) is 14.8. The summed E-state index contributed by atoms with van der Waals surface area (Å²) in [7, 11) is 0. The number of thiazole rings is 1. The van der Waals surface area contributed by atoms with Gasteiger partial charge in [0, 0.05) is 35.9 Å². The first kappa shape index (κ1) is 22.0. The third-order valence-electron chi connectivity index (χ3n) is 6.48. The summed E-state index contributed by atoms with van der Waals surface area (Å²) in [4.78, 5) is 31.7. The number of piperidine rings is 1. The molecule has 1 aliphatic heterocycles. The van der Waals surface area contributed by atoms with Gasteiger partial charge in [-0.2, -0.15) is 0 Å². The number of rotatable bonds is 6. The van der Waals surface area contributed by atoms with E-state index in [1.54, 1.807) is 0 Å². The monoisotopic (exact) mass is 439 g/mol. The van der Waals surface area contributed by atoms with Crippen LogP contribution in [0.3, 0.4) is 0 Å². The molecule has 0 spiro atoms. The Balaban J connectivity index is 1.40. The van der Waals surface area contributed by atoms with E-state index in [1.165, 1.54) is 22.5 Å². The molecule has 1 aromatic heterocycles. The Morgan fingerprint density at radius 3 is 2.35 bits per heavy atom. The lowest BCUT2D eigenvalue weighted by atomic mass is 9.90. The quantitative estimate of drug-likeness (QED) is 0.633. The number of anilines is 1. The standard InChI is InChI=1S/C25H33N3O2S/c1-15(2)19-7-8-20(21(13-19)16(3)4)22-14-31-25(26-22)27-23(29)17-9-11-28(12-10-17)24(30)18-5-6-18/h7-8,13-18H,5-6,9-12H2,1-4H3,(H,26,27,29). The maximum absolute atomic E-state index is 12.8. The van der Waals surface area contributed by atoms with E-state index in [9.17, 15) is 9.59 Å². The third kappa shape index (κ3) is 5.00. The van der Waals surface area contributed by atoms with Crippen molar-refractivity contribution < 1.29 is 9.59 Å². The predicted molar refractivity (Wildman–Crippen MR) is 126 cm³/mol. The summed E-state index contributed by atoms with van der Waals surface area (Å²) in [6.07, 6.45) is 3.53. The predicted octanol–water partition coefficient (Wildman–Crippen LogP) is 5.64. The second-order valence-electron chi connectivity index (χ2n) is 9.56. The smallest absolute Gasteiger partial charge is 0.229 e.